The van der Waals surface area contributed by atoms with Gasteiger partial charge < -0.3 is 10.1 Å². The van der Waals surface area contributed by atoms with Gasteiger partial charge in [0.2, 0.25) is 10.0 Å². The van der Waals surface area contributed by atoms with Crippen molar-refractivity contribution in [3.05, 3.63) is 24.3 Å². The Balaban J connectivity index is 2.15. The van der Waals surface area contributed by atoms with Gasteiger partial charge >= 0.3 is 6.36 Å². The molecule has 0 radical (unpaired) electrons. The van der Waals surface area contributed by atoms with Crippen molar-refractivity contribution in [2.45, 2.75) is 30.1 Å². The fourth-order valence-electron chi connectivity index (χ4n) is 2.10. The van der Waals surface area contributed by atoms with Crippen LogP contribution in [0.25, 0.3) is 0 Å². The third-order valence-electron chi connectivity index (χ3n) is 3.05. The van der Waals surface area contributed by atoms with Gasteiger partial charge in [0, 0.05) is 12.6 Å². The number of nitrogens with one attached hydrogen (secondary N) is 2. The molecule has 1 unspecified atom stereocenters. The lowest BCUT2D eigenvalue weighted by Crippen LogP contribution is -2.37. The van der Waals surface area contributed by atoms with Crippen LogP contribution < -0.4 is 14.8 Å². The van der Waals surface area contributed by atoms with Crippen molar-refractivity contribution in [3.63, 3.8) is 0 Å². The normalized spacial score (nSPS) is 19.7. The van der Waals surface area contributed by atoms with Gasteiger partial charge in [0.15, 0.2) is 0 Å². The van der Waals surface area contributed by atoms with Crippen molar-refractivity contribution in [2.24, 2.45) is 0 Å². The number of alkyl halides is 3. The van der Waals surface area contributed by atoms with Crippen LogP contribution in [0.5, 0.6) is 5.75 Å². The number of hydrogen-bond donors (Lipinski definition) is 2. The fraction of sp³-hybridized carbons (Fsp3) is 0.500. The molecule has 1 atom stereocenters. The monoisotopic (exact) mass is 324 g/mol. The number of hydrogen-bond acceptors (Lipinski definition) is 4. The Labute approximate surface area is 120 Å². The van der Waals surface area contributed by atoms with E-state index in [1.165, 1.54) is 12.1 Å². The predicted molar refractivity (Wildman–Crippen MR) is 69.3 cm³/mol. The zero-order chi connectivity index (χ0) is 15.5. The lowest BCUT2D eigenvalue weighted by atomic mass is 10.2. The molecule has 0 aliphatic carbocycles. The number of rotatable bonds is 5. The Hall–Kier alpha value is -1.32. The van der Waals surface area contributed by atoms with Gasteiger partial charge in [-0.05, 0) is 31.5 Å². The quantitative estimate of drug-likeness (QED) is 0.864. The summed E-state index contributed by atoms with van der Waals surface area (Å²) in [6.45, 7) is 0.933. The van der Waals surface area contributed by atoms with Crippen LogP contribution in [0.3, 0.4) is 0 Å². The highest BCUT2D eigenvalue weighted by Gasteiger charge is 2.34. The minimum atomic E-state index is -4.95. The van der Waals surface area contributed by atoms with Crippen LogP contribution in [0.4, 0.5) is 13.2 Å². The highest BCUT2D eigenvalue weighted by Crippen LogP contribution is 2.29. The SMILES string of the molecule is O=S(=O)(NCC1CCCN1)c1ccccc1OC(F)(F)F. The van der Waals surface area contributed by atoms with E-state index in [2.05, 4.69) is 14.8 Å². The molecule has 0 saturated carbocycles. The molecule has 2 rings (SSSR count). The summed E-state index contributed by atoms with van der Waals surface area (Å²) >= 11 is 0. The average Bonchev–Trinajstić information content (AvgIpc) is 2.88. The first-order valence-electron chi connectivity index (χ1n) is 6.36. The summed E-state index contributed by atoms with van der Waals surface area (Å²) in [6, 6.07) is 4.65. The van der Waals surface area contributed by atoms with E-state index in [4.69, 9.17) is 0 Å². The first kappa shape index (κ1) is 16.1. The zero-order valence-electron chi connectivity index (χ0n) is 11.0. The molecule has 2 N–H and O–H groups in total. The third kappa shape index (κ3) is 4.58. The second kappa shape index (κ2) is 6.20. The van der Waals surface area contributed by atoms with E-state index >= 15 is 0 Å². The van der Waals surface area contributed by atoms with Gasteiger partial charge in [-0.15, -0.1) is 13.2 Å². The molecule has 1 heterocycles. The van der Waals surface area contributed by atoms with Gasteiger partial charge in [-0.2, -0.15) is 0 Å². The highest BCUT2D eigenvalue weighted by atomic mass is 32.2. The summed E-state index contributed by atoms with van der Waals surface area (Å²) in [6.07, 6.45) is -3.18. The third-order valence-corrected chi connectivity index (χ3v) is 4.51. The molecule has 21 heavy (non-hydrogen) atoms. The topological polar surface area (TPSA) is 67.4 Å². The number of para-hydroxylation sites is 1. The maximum absolute atomic E-state index is 12.3. The number of ether oxygens (including phenoxy) is 1. The molecule has 1 saturated heterocycles. The zero-order valence-corrected chi connectivity index (χ0v) is 11.8. The predicted octanol–water partition coefficient (Wildman–Crippen LogP) is 1.62. The molecule has 1 fully saturated rings. The summed E-state index contributed by atoms with van der Waals surface area (Å²) in [7, 11) is -4.07. The van der Waals surface area contributed by atoms with E-state index in [9.17, 15) is 21.6 Å². The van der Waals surface area contributed by atoms with Crippen molar-refractivity contribution in [2.75, 3.05) is 13.1 Å². The maximum Gasteiger partial charge on any atom is 0.573 e. The van der Waals surface area contributed by atoms with Gasteiger partial charge in [0.25, 0.3) is 0 Å². The van der Waals surface area contributed by atoms with Gasteiger partial charge in [-0.25, -0.2) is 13.1 Å². The Kier molecular flexibility index (Phi) is 4.74. The standard InChI is InChI=1S/C12H15F3N2O3S/c13-12(14,15)20-10-5-1-2-6-11(10)21(18,19)17-8-9-4-3-7-16-9/h1-2,5-6,9,16-17H,3-4,7-8H2. The molecule has 9 heteroatoms. The number of halogens is 3. The van der Waals surface area contributed by atoms with Crippen LogP contribution in [0.2, 0.25) is 0 Å². The molecule has 1 aromatic rings. The first-order chi connectivity index (χ1) is 9.78. The highest BCUT2D eigenvalue weighted by molar-refractivity contribution is 7.89. The fourth-order valence-corrected chi connectivity index (χ4v) is 3.31. The largest absolute Gasteiger partial charge is 0.573 e. The molecule has 1 aliphatic rings. The summed E-state index contributed by atoms with van der Waals surface area (Å²) < 4.78 is 67.2. The Morgan fingerprint density at radius 1 is 1.33 bits per heavy atom. The molecule has 0 amide bonds. The molecular formula is C12H15F3N2O3S. The average molecular weight is 324 g/mol. The van der Waals surface area contributed by atoms with E-state index in [-0.39, 0.29) is 12.6 Å². The lowest BCUT2D eigenvalue weighted by molar-refractivity contribution is -0.275. The van der Waals surface area contributed by atoms with Crippen molar-refractivity contribution in [1.82, 2.24) is 10.0 Å². The van der Waals surface area contributed by atoms with Crippen LogP contribution in [0.1, 0.15) is 12.8 Å². The van der Waals surface area contributed by atoms with Crippen molar-refractivity contribution in [1.29, 1.82) is 0 Å². The lowest BCUT2D eigenvalue weighted by Gasteiger charge is -2.15. The Morgan fingerprint density at radius 2 is 2.05 bits per heavy atom. The van der Waals surface area contributed by atoms with Crippen molar-refractivity contribution >= 4 is 10.0 Å². The minimum Gasteiger partial charge on any atom is -0.404 e. The van der Waals surface area contributed by atoms with Crippen LogP contribution >= 0.6 is 0 Å². The van der Waals surface area contributed by atoms with Crippen LogP contribution in [0, 0.1) is 0 Å². The second-order valence-corrected chi connectivity index (χ2v) is 6.38. The molecule has 1 aromatic carbocycles. The van der Waals surface area contributed by atoms with E-state index in [1.54, 1.807) is 0 Å². The molecule has 5 nitrogen and oxygen atoms in total. The maximum atomic E-state index is 12.3. The van der Waals surface area contributed by atoms with Gasteiger partial charge in [0.05, 0.1) is 0 Å². The summed E-state index contributed by atoms with van der Waals surface area (Å²) in [5.41, 5.74) is 0. The van der Waals surface area contributed by atoms with Crippen LogP contribution in [-0.2, 0) is 10.0 Å². The van der Waals surface area contributed by atoms with E-state index in [1.807, 2.05) is 0 Å². The van der Waals surface area contributed by atoms with Crippen LogP contribution in [0.15, 0.2) is 29.2 Å². The minimum absolute atomic E-state index is 0.00419. The van der Waals surface area contributed by atoms with E-state index in [0.29, 0.717) is 0 Å². The number of benzene rings is 1. The van der Waals surface area contributed by atoms with E-state index in [0.717, 1.165) is 31.5 Å². The molecule has 0 aromatic heterocycles. The van der Waals surface area contributed by atoms with E-state index < -0.39 is 27.0 Å². The van der Waals surface area contributed by atoms with Gasteiger partial charge in [-0.1, -0.05) is 12.1 Å². The smallest absolute Gasteiger partial charge is 0.404 e. The molecular weight excluding hydrogens is 309 g/mol. The first-order valence-corrected chi connectivity index (χ1v) is 7.84. The summed E-state index contributed by atoms with van der Waals surface area (Å²) in [5, 5.41) is 3.10. The number of sulfonamides is 1. The molecule has 118 valence electrons. The molecule has 0 bridgehead atoms. The second-order valence-electron chi connectivity index (χ2n) is 4.64. The van der Waals surface area contributed by atoms with Crippen molar-refractivity contribution in [3.8, 4) is 5.75 Å². The van der Waals surface area contributed by atoms with Crippen molar-refractivity contribution < 1.29 is 26.3 Å². The Morgan fingerprint density at radius 3 is 2.67 bits per heavy atom. The molecule has 0 spiro atoms. The van der Waals surface area contributed by atoms with Gasteiger partial charge in [-0.3, -0.25) is 0 Å². The van der Waals surface area contributed by atoms with Gasteiger partial charge in [0.1, 0.15) is 10.6 Å². The summed E-state index contributed by atoms with van der Waals surface area (Å²) in [5.74, 6) is -0.739. The van der Waals surface area contributed by atoms with Crippen LogP contribution in [-0.4, -0.2) is 33.9 Å². The summed E-state index contributed by atoms with van der Waals surface area (Å²) in [4.78, 5) is -0.527. The molecule has 1 aliphatic heterocycles. The Bertz CT molecular complexity index is 584.